The lowest BCUT2D eigenvalue weighted by molar-refractivity contribution is -0.384. The first-order chi connectivity index (χ1) is 12.5. The summed E-state index contributed by atoms with van der Waals surface area (Å²) in [5.74, 6) is 1.94. The van der Waals surface area contributed by atoms with Gasteiger partial charge >= 0.3 is 0 Å². The van der Waals surface area contributed by atoms with Gasteiger partial charge in [-0.05, 0) is 37.2 Å². The van der Waals surface area contributed by atoms with Crippen molar-refractivity contribution in [3.63, 3.8) is 0 Å². The molecule has 0 spiro atoms. The van der Waals surface area contributed by atoms with E-state index in [2.05, 4.69) is 4.90 Å². The highest BCUT2D eigenvalue weighted by Crippen LogP contribution is 2.28. The average molecular weight is 360 g/mol. The molecule has 0 bridgehead atoms. The summed E-state index contributed by atoms with van der Waals surface area (Å²) < 4.78 is 16.2. The van der Waals surface area contributed by atoms with Crippen LogP contribution in [0.1, 0.15) is 12.0 Å². The lowest BCUT2D eigenvalue weighted by atomic mass is 10.2. The van der Waals surface area contributed by atoms with E-state index in [9.17, 15) is 10.1 Å². The van der Waals surface area contributed by atoms with Gasteiger partial charge < -0.3 is 19.1 Å². The van der Waals surface area contributed by atoms with Crippen molar-refractivity contribution in [1.29, 1.82) is 0 Å². The zero-order chi connectivity index (χ0) is 18.9. The van der Waals surface area contributed by atoms with E-state index in [1.54, 1.807) is 26.4 Å². The Balaban J connectivity index is 1.78. The monoisotopic (exact) mass is 360 g/mol. The van der Waals surface area contributed by atoms with Crippen LogP contribution >= 0.6 is 0 Å². The molecule has 0 N–H and O–H groups in total. The molecule has 0 aromatic heterocycles. The van der Waals surface area contributed by atoms with Gasteiger partial charge in [0.05, 0.1) is 31.8 Å². The molecule has 0 saturated heterocycles. The van der Waals surface area contributed by atoms with Crippen molar-refractivity contribution in [2.24, 2.45) is 0 Å². The molecule has 0 saturated carbocycles. The zero-order valence-corrected chi connectivity index (χ0v) is 15.3. The lowest BCUT2D eigenvalue weighted by Gasteiger charge is -2.18. The third-order valence-corrected chi connectivity index (χ3v) is 3.88. The molecule has 140 valence electrons. The number of nitro benzene ring substituents is 1. The van der Waals surface area contributed by atoms with Crippen LogP contribution in [0.25, 0.3) is 0 Å². The van der Waals surface area contributed by atoms with Gasteiger partial charge in [-0.15, -0.1) is 0 Å². The SMILES string of the molecule is COc1ccc(CN(C)CCCOc2cccc([N+](=O)[O-])c2)cc1OC. The smallest absolute Gasteiger partial charge is 0.273 e. The van der Waals surface area contributed by atoms with Crippen molar-refractivity contribution in [1.82, 2.24) is 4.90 Å². The van der Waals surface area contributed by atoms with E-state index in [4.69, 9.17) is 14.2 Å². The highest BCUT2D eigenvalue weighted by molar-refractivity contribution is 5.42. The maximum atomic E-state index is 10.8. The zero-order valence-electron chi connectivity index (χ0n) is 15.3. The van der Waals surface area contributed by atoms with Gasteiger partial charge in [-0.25, -0.2) is 0 Å². The van der Waals surface area contributed by atoms with Crippen molar-refractivity contribution in [3.8, 4) is 17.2 Å². The molecule has 7 nitrogen and oxygen atoms in total. The number of benzene rings is 2. The van der Waals surface area contributed by atoms with Crippen LogP contribution in [0.4, 0.5) is 5.69 Å². The van der Waals surface area contributed by atoms with E-state index in [1.807, 2.05) is 25.2 Å². The summed E-state index contributed by atoms with van der Waals surface area (Å²) in [4.78, 5) is 12.5. The Morgan fingerprint density at radius 1 is 1.08 bits per heavy atom. The van der Waals surface area contributed by atoms with Gasteiger partial charge in [-0.2, -0.15) is 0 Å². The molecular weight excluding hydrogens is 336 g/mol. The number of hydrogen-bond acceptors (Lipinski definition) is 6. The Hall–Kier alpha value is -2.80. The topological polar surface area (TPSA) is 74.1 Å². The molecular formula is C19H24N2O5. The Morgan fingerprint density at radius 2 is 1.85 bits per heavy atom. The number of hydrogen-bond donors (Lipinski definition) is 0. The van der Waals surface area contributed by atoms with E-state index in [0.717, 1.165) is 25.1 Å². The van der Waals surface area contributed by atoms with E-state index >= 15 is 0 Å². The summed E-state index contributed by atoms with van der Waals surface area (Å²) in [5.41, 5.74) is 1.16. The summed E-state index contributed by atoms with van der Waals surface area (Å²) in [6, 6.07) is 12.1. The highest BCUT2D eigenvalue weighted by atomic mass is 16.6. The van der Waals surface area contributed by atoms with Crippen LogP contribution in [-0.4, -0.2) is 44.2 Å². The maximum Gasteiger partial charge on any atom is 0.273 e. The largest absolute Gasteiger partial charge is 0.493 e. The predicted molar refractivity (Wildman–Crippen MR) is 99.1 cm³/mol. The van der Waals surface area contributed by atoms with Crippen LogP contribution in [-0.2, 0) is 6.54 Å². The van der Waals surface area contributed by atoms with E-state index in [-0.39, 0.29) is 5.69 Å². The number of ether oxygens (including phenoxy) is 3. The van der Waals surface area contributed by atoms with Gasteiger partial charge in [0.2, 0.25) is 0 Å². The second-order valence-corrected chi connectivity index (χ2v) is 5.88. The number of nitrogens with zero attached hydrogens (tertiary/aromatic N) is 2. The summed E-state index contributed by atoms with van der Waals surface area (Å²) in [6.45, 7) is 2.11. The fraction of sp³-hybridized carbons (Fsp3) is 0.368. The van der Waals surface area contributed by atoms with Crippen LogP contribution in [0.3, 0.4) is 0 Å². The minimum Gasteiger partial charge on any atom is -0.493 e. The van der Waals surface area contributed by atoms with Gasteiger partial charge in [0.15, 0.2) is 11.5 Å². The minimum atomic E-state index is -0.427. The summed E-state index contributed by atoms with van der Waals surface area (Å²) in [6.07, 6.45) is 0.812. The van der Waals surface area contributed by atoms with Gasteiger partial charge in [-0.3, -0.25) is 10.1 Å². The van der Waals surface area contributed by atoms with E-state index in [1.165, 1.54) is 12.1 Å². The number of methoxy groups -OCH3 is 2. The van der Waals surface area contributed by atoms with E-state index < -0.39 is 4.92 Å². The van der Waals surface area contributed by atoms with Gasteiger partial charge in [0, 0.05) is 19.2 Å². The summed E-state index contributed by atoms with van der Waals surface area (Å²) in [7, 11) is 5.27. The summed E-state index contributed by atoms with van der Waals surface area (Å²) in [5, 5.41) is 10.8. The van der Waals surface area contributed by atoms with Crippen LogP contribution in [0.15, 0.2) is 42.5 Å². The standard InChI is InChI=1S/C19H24N2O5/c1-20(14-15-8-9-18(24-2)19(12-15)25-3)10-5-11-26-17-7-4-6-16(13-17)21(22)23/h4,6-9,12-13H,5,10-11,14H2,1-3H3. The molecule has 0 aliphatic rings. The quantitative estimate of drug-likeness (QED) is 0.367. The molecule has 0 aliphatic carbocycles. The Kier molecular flexibility index (Phi) is 7.23. The molecule has 0 amide bonds. The molecule has 0 radical (unpaired) electrons. The van der Waals surface area contributed by atoms with Crippen LogP contribution in [0.5, 0.6) is 17.2 Å². The number of non-ortho nitro benzene ring substituents is 1. The van der Waals surface area contributed by atoms with Gasteiger partial charge in [0.25, 0.3) is 5.69 Å². The Labute approximate surface area is 153 Å². The first kappa shape index (κ1) is 19.5. The fourth-order valence-corrected chi connectivity index (χ4v) is 2.58. The molecule has 26 heavy (non-hydrogen) atoms. The molecule has 7 heteroatoms. The highest BCUT2D eigenvalue weighted by Gasteiger charge is 2.08. The molecule has 0 atom stereocenters. The van der Waals surface area contributed by atoms with Crippen molar-refractivity contribution >= 4 is 5.69 Å². The van der Waals surface area contributed by atoms with Crippen molar-refractivity contribution in [2.75, 3.05) is 34.4 Å². The normalized spacial score (nSPS) is 10.6. The lowest BCUT2D eigenvalue weighted by Crippen LogP contribution is -2.20. The molecule has 2 rings (SSSR count). The molecule has 0 fully saturated rings. The van der Waals surface area contributed by atoms with Gasteiger partial charge in [0.1, 0.15) is 5.75 Å². The van der Waals surface area contributed by atoms with E-state index in [0.29, 0.717) is 23.9 Å². The predicted octanol–water partition coefficient (Wildman–Crippen LogP) is 3.51. The maximum absolute atomic E-state index is 10.8. The molecule has 0 heterocycles. The molecule has 2 aromatic carbocycles. The Bertz CT molecular complexity index is 736. The second kappa shape index (κ2) is 9.62. The second-order valence-electron chi connectivity index (χ2n) is 5.88. The molecule has 2 aromatic rings. The third-order valence-electron chi connectivity index (χ3n) is 3.88. The third kappa shape index (κ3) is 5.63. The summed E-state index contributed by atoms with van der Waals surface area (Å²) >= 11 is 0. The average Bonchev–Trinajstić information content (AvgIpc) is 2.65. The fourth-order valence-electron chi connectivity index (χ4n) is 2.58. The van der Waals surface area contributed by atoms with Crippen molar-refractivity contribution in [2.45, 2.75) is 13.0 Å². The van der Waals surface area contributed by atoms with Crippen LogP contribution in [0.2, 0.25) is 0 Å². The molecule has 0 aliphatic heterocycles. The van der Waals surface area contributed by atoms with Crippen LogP contribution in [0, 0.1) is 10.1 Å². The first-order valence-electron chi connectivity index (χ1n) is 8.30. The first-order valence-corrected chi connectivity index (χ1v) is 8.30. The number of nitro groups is 1. The number of rotatable bonds is 10. The molecule has 0 unspecified atom stereocenters. The van der Waals surface area contributed by atoms with Crippen molar-refractivity contribution < 1.29 is 19.1 Å². The minimum absolute atomic E-state index is 0.0353. The van der Waals surface area contributed by atoms with Crippen LogP contribution < -0.4 is 14.2 Å². The van der Waals surface area contributed by atoms with Crippen molar-refractivity contribution in [3.05, 3.63) is 58.1 Å². The Morgan fingerprint density at radius 3 is 2.54 bits per heavy atom. The van der Waals surface area contributed by atoms with Gasteiger partial charge in [-0.1, -0.05) is 12.1 Å².